The lowest BCUT2D eigenvalue weighted by atomic mass is 10.2. The van der Waals surface area contributed by atoms with Gasteiger partial charge in [0.1, 0.15) is 5.69 Å². The highest BCUT2D eigenvalue weighted by molar-refractivity contribution is 5.93. The minimum atomic E-state index is -0.684. The summed E-state index contributed by atoms with van der Waals surface area (Å²) in [6.07, 6.45) is 1.43. The van der Waals surface area contributed by atoms with Crippen LogP contribution in [0.1, 0.15) is 40.5 Å². The number of hydrogen-bond acceptors (Lipinski definition) is 4. The number of nitrogens with one attached hydrogen (secondary N) is 1. The molecule has 0 aromatic carbocycles. The molecule has 0 saturated heterocycles. The molecule has 0 aliphatic rings. The molecule has 146 valence electrons. The van der Waals surface area contributed by atoms with Crippen molar-refractivity contribution in [3.63, 3.8) is 0 Å². The van der Waals surface area contributed by atoms with E-state index in [-0.39, 0.29) is 42.1 Å². The average molecular weight is 377 g/mol. The molecule has 0 radical (unpaired) electrons. The molecule has 0 saturated carbocycles. The molecule has 0 aliphatic heterocycles. The van der Waals surface area contributed by atoms with Gasteiger partial charge in [-0.25, -0.2) is 14.2 Å². The predicted octanol–water partition coefficient (Wildman–Crippen LogP) is 1.18. The van der Waals surface area contributed by atoms with Crippen LogP contribution in [-0.4, -0.2) is 62.3 Å². The second kappa shape index (κ2) is 8.15. The van der Waals surface area contributed by atoms with Gasteiger partial charge in [-0.1, -0.05) is 0 Å². The van der Waals surface area contributed by atoms with Crippen LogP contribution in [-0.2, 0) is 7.05 Å². The van der Waals surface area contributed by atoms with E-state index in [1.54, 1.807) is 14.0 Å². The van der Waals surface area contributed by atoms with Gasteiger partial charge < -0.3 is 19.4 Å². The first-order valence-electron chi connectivity index (χ1n) is 8.57. The van der Waals surface area contributed by atoms with Gasteiger partial charge in [0.2, 0.25) is 0 Å². The Morgan fingerprint density at radius 2 is 1.93 bits per heavy atom. The maximum atomic E-state index is 13.9. The number of carbonyl (C=O) groups is 2. The van der Waals surface area contributed by atoms with Crippen molar-refractivity contribution in [1.82, 2.24) is 24.3 Å². The van der Waals surface area contributed by atoms with Gasteiger partial charge in [0.25, 0.3) is 11.8 Å². The van der Waals surface area contributed by atoms with Crippen molar-refractivity contribution in [3.8, 4) is 0 Å². The van der Waals surface area contributed by atoms with Crippen LogP contribution in [0.4, 0.5) is 4.39 Å². The molecule has 0 spiro atoms. The Morgan fingerprint density at radius 3 is 2.48 bits per heavy atom. The summed E-state index contributed by atoms with van der Waals surface area (Å²) in [6, 6.07) is 2.55. The van der Waals surface area contributed by atoms with E-state index in [2.05, 4.69) is 9.97 Å². The van der Waals surface area contributed by atoms with Crippen molar-refractivity contribution >= 4 is 11.8 Å². The molecule has 2 amide bonds. The fraction of sp³-hybridized carbons (Fsp3) is 0.444. The lowest BCUT2D eigenvalue weighted by molar-refractivity contribution is 0.0638. The predicted molar refractivity (Wildman–Crippen MR) is 98.1 cm³/mol. The normalized spacial score (nSPS) is 10.9. The Hall–Kier alpha value is -2.97. The smallest absolute Gasteiger partial charge is 0.325 e. The molecule has 2 aromatic heterocycles. The quantitative estimate of drug-likeness (QED) is 0.818. The van der Waals surface area contributed by atoms with Gasteiger partial charge in [0, 0.05) is 45.1 Å². The molecular weight excluding hydrogens is 353 g/mol. The maximum Gasteiger partial charge on any atom is 0.325 e. The zero-order valence-corrected chi connectivity index (χ0v) is 16.1. The van der Waals surface area contributed by atoms with Gasteiger partial charge in [0.05, 0.1) is 0 Å². The van der Waals surface area contributed by atoms with Crippen LogP contribution in [0.15, 0.2) is 23.1 Å². The number of halogens is 1. The van der Waals surface area contributed by atoms with Gasteiger partial charge in [0.15, 0.2) is 11.5 Å². The number of pyridine rings is 1. The number of H-pyrrole nitrogens is 1. The zero-order chi connectivity index (χ0) is 20.3. The summed E-state index contributed by atoms with van der Waals surface area (Å²) in [5.41, 5.74) is 0.0967. The monoisotopic (exact) mass is 377 g/mol. The molecular formula is C18H24FN5O3. The first kappa shape index (κ1) is 20.3. The molecule has 2 heterocycles. The highest BCUT2D eigenvalue weighted by Gasteiger charge is 2.23. The number of aromatic amines is 1. The van der Waals surface area contributed by atoms with Crippen LogP contribution >= 0.6 is 0 Å². The second-order valence-electron chi connectivity index (χ2n) is 6.69. The topological polar surface area (TPSA) is 91.3 Å². The number of carbonyl (C=O) groups excluding carboxylic acids is 2. The van der Waals surface area contributed by atoms with Crippen LogP contribution in [0.3, 0.4) is 0 Å². The van der Waals surface area contributed by atoms with E-state index in [1.165, 1.54) is 39.7 Å². The van der Waals surface area contributed by atoms with Crippen molar-refractivity contribution in [2.75, 3.05) is 20.1 Å². The summed E-state index contributed by atoms with van der Waals surface area (Å²) >= 11 is 0. The molecule has 8 nitrogen and oxygen atoms in total. The van der Waals surface area contributed by atoms with Crippen LogP contribution < -0.4 is 5.69 Å². The van der Waals surface area contributed by atoms with Crippen LogP contribution in [0.5, 0.6) is 0 Å². The van der Waals surface area contributed by atoms with Gasteiger partial charge in [-0.05, 0) is 32.9 Å². The Labute approximate surface area is 156 Å². The maximum absolute atomic E-state index is 13.9. The third-order valence-electron chi connectivity index (χ3n) is 4.21. The van der Waals surface area contributed by atoms with E-state index in [4.69, 9.17) is 0 Å². The van der Waals surface area contributed by atoms with Crippen LogP contribution in [0.2, 0.25) is 0 Å². The lowest BCUT2D eigenvalue weighted by Crippen LogP contribution is -2.43. The van der Waals surface area contributed by atoms with Crippen molar-refractivity contribution in [1.29, 1.82) is 0 Å². The van der Waals surface area contributed by atoms with Crippen molar-refractivity contribution in [2.24, 2.45) is 7.05 Å². The third-order valence-corrected chi connectivity index (χ3v) is 4.21. The molecule has 0 fully saturated rings. The molecule has 0 unspecified atom stereocenters. The van der Waals surface area contributed by atoms with Crippen LogP contribution in [0, 0.1) is 12.7 Å². The highest BCUT2D eigenvalue weighted by atomic mass is 19.1. The number of aryl methyl sites for hydroxylation is 2. The third kappa shape index (κ3) is 4.60. The molecule has 2 aromatic rings. The first-order valence-corrected chi connectivity index (χ1v) is 8.57. The van der Waals surface area contributed by atoms with Crippen LogP contribution in [0.25, 0.3) is 0 Å². The Bertz CT molecular complexity index is 903. The van der Waals surface area contributed by atoms with Gasteiger partial charge >= 0.3 is 5.69 Å². The molecule has 9 heteroatoms. The summed E-state index contributed by atoms with van der Waals surface area (Å²) in [6.45, 7) is 5.76. The van der Waals surface area contributed by atoms with E-state index in [0.29, 0.717) is 5.69 Å². The Morgan fingerprint density at radius 1 is 1.26 bits per heavy atom. The largest absolute Gasteiger partial charge is 0.339 e. The van der Waals surface area contributed by atoms with E-state index in [9.17, 15) is 18.8 Å². The second-order valence-corrected chi connectivity index (χ2v) is 6.69. The fourth-order valence-corrected chi connectivity index (χ4v) is 2.58. The van der Waals surface area contributed by atoms with Gasteiger partial charge in [-0.2, -0.15) is 0 Å². The average Bonchev–Trinajstić information content (AvgIpc) is 2.95. The summed E-state index contributed by atoms with van der Waals surface area (Å²) in [5.74, 6) is -1.58. The number of amides is 2. The van der Waals surface area contributed by atoms with E-state index >= 15 is 0 Å². The lowest BCUT2D eigenvalue weighted by Gasteiger charge is -2.28. The highest BCUT2D eigenvalue weighted by Crippen LogP contribution is 2.10. The Kier molecular flexibility index (Phi) is 6.14. The number of nitrogens with zero attached hydrogens (tertiary/aromatic N) is 4. The molecule has 0 aliphatic carbocycles. The molecule has 1 N–H and O–H groups in total. The molecule has 0 atom stereocenters. The fourth-order valence-electron chi connectivity index (χ4n) is 2.58. The Balaban J connectivity index is 2.11. The minimum Gasteiger partial charge on any atom is -0.339 e. The molecule has 0 bridgehead atoms. The van der Waals surface area contributed by atoms with E-state index in [0.717, 1.165) is 0 Å². The summed E-state index contributed by atoms with van der Waals surface area (Å²) in [4.78, 5) is 46.0. The van der Waals surface area contributed by atoms with E-state index in [1.807, 2.05) is 13.8 Å². The number of rotatable bonds is 6. The van der Waals surface area contributed by atoms with Gasteiger partial charge in [-0.3, -0.25) is 9.59 Å². The summed E-state index contributed by atoms with van der Waals surface area (Å²) in [7, 11) is 3.07. The van der Waals surface area contributed by atoms with Crippen molar-refractivity contribution in [3.05, 3.63) is 51.7 Å². The van der Waals surface area contributed by atoms with Crippen molar-refractivity contribution in [2.45, 2.75) is 26.8 Å². The van der Waals surface area contributed by atoms with Gasteiger partial charge in [-0.15, -0.1) is 0 Å². The zero-order valence-electron chi connectivity index (χ0n) is 16.1. The van der Waals surface area contributed by atoms with Crippen molar-refractivity contribution < 1.29 is 14.0 Å². The SMILES string of the molecule is Cc1ccc(F)c(C(=O)N(C)CCN(C(=O)c2cn(C)c(=O)[nH]2)C(C)C)n1. The first-order chi connectivity index (χ1) is 12.6. The summed E-state index contributed by atoms with van der Waals surface area (Å²) in [5, 5.41) is 0. The summed E-state index contributed by atoms with van der Waals surface area (Å²) < 4.78 is 15.2. The number of hydrogen-bond donors (Lipinski definition) is 1. The molecule has 2 rings (SSSR count). The number of imidazole rings is 1. The van der Waals surface area contributed by atoms with E-state index < -0.39 is 11.7 Å². The standard InChI is InChI=1S/C18H24FN5O3/c1-11(2)24(16(25)14-10-23(5)18(27)21-14)9-8-22(4)17(26)15-13(19)7-6-12(3)20-15/h6-7,10-11H,8-9H2,1-5H3,(H,21,27). The molecule has 27 heavy (non-hydrogen) atoms. The number of aromatic nitrogens is 3. The minimum absolute atomic E-state index is 0.154. The number of likely N-dealkylation sites (N-methyl/N-ethyl adjacent to an activating group) is 1.